The Morgan fingerprint density at radius 1 is 1.37 bits per heavy atom. The van der Waals surface area contributed by atoms with E-state index >= 15 is 0 Å². The van der Waals surface area contributed by atoms with E-state index in [1.165, 1.54) is 6.42 Å². The number of amides is 1. The van der Waals surface area contributed by atoms with Gasteiger partial charge in [0.2, 0.25) is 5.95 Å². The average Bonchev–Trinajstić information content (AvgIpc) is 2.48. The molecule has 1 aliphatic heterocycles. The highest BCUT2D eigenvalue weighted by Gasteiger charge is 2.19. The van der Waals surface area contributed by atoms with Crippen LogP contribution < -0.4 is 5.32 Å². The SMILES string of the molecule is CCCCNc1nccc(C(=O)N2CCCCC2)n1. The van der Waals surface area contributed by atoms with Crippen LogP contribution in [-0.4, -0.2) is 40.4 Å². The molecule has 1 amide bonds. The highest BCUT2D eigenvalue weighted by atomic mass is 16.2. The van der Waals surface area contributed by atoms with Gasteiger partial charge in [0.25, 0.3) is 5.91 Å². The highest BCUT2D eigenvalue weighted by molar-refractivity contribution is 5.92. The lowest BCUT2D eigenvalue weighted by atomic mass is 10.1. The lowest BCUT2D eigenvalue weighted by Crippen LogP contribution is -2.36. The second-order valence-electron chi connectivity index (χ2n) is 4.90. The van der Waals surface area contributed by atoms with Crippen molar-refractivity contribution in [2.24, 2.45) is 0 Å². The largest absolute Gasteiger partial charge is 0.354 e. The van der Waals surface area contributed by atoms with Crippen LogP contribution in [0.15, 0.2) is 12.3 Å². The summed E-state index contributed by atoms with van der Waals surface area (Å²) in [5, 5.41) is 3.15. The van der Waals surface area contributed by atoms with Gasteiger partial charge in [-0.05, 0) is 31.7 Å². The molecule has 5 nitrogen and oxygen atoms in total. The molecule has 1 aromatic heterocycles. The lowest BCUT2D eigenvalue weighted by molar-refractivity contribution is 0.0718. The minimum absolute atomic E-state index is 0.0284. The molecule has 2 heterocycles. The Morgan fingerprint density at radius 2 is 2.16 bits per heavy atom. The first-order chi connectivity index (χ1) is 9.31. The first kappa shape index (κ1) is 13.8. The maximum atomic E-state index is 12.3. The number of likely N-dealkylation sites (tertiary alicyclic amines) is 1. The Hall–Kier alpha value is -1.65. The summed E-state index contributed by atoms with van der Waals surface area (Å²) in [5.74, 6) is 0.581. The minimum atomic E-state index is 0.0284. The first-order valence-corrected chi connectivity index (χ1v) is 7.17. The van der Waals surface area contributed by atoms with Crippen molar-refractivity contribution in [2.45, 2.75) is 39.0 Å². The molecular weight excluding hydrogens is 240 g/mol. The summed E-state index contributed by atoms with van der Waals surface area (Å²) < 4.78 is 0. The van der Waals surface area contributed by atoms with Crippen molar-refractivity contribution in [3.8, 4) is 0 Å². The van der Waals surface area contributed by atoms with Gasteiger partial charge in [0.05, 0.1) is 0 Å². The van der Waals surface area contributed by atoms with Gasteiger partial charge in [-0.15, -0.1) is 0 Å². The zero-order valence-electron chi connectivity index (χ0n) is 11.6. The number of piperidine rings is 1. The molecule has 1 aliphatic rings. The molecule has 0 unspecified atom stereocenters. The van der Waals surface area contributed by atoms with Crippen molar-refractivity contribution in [3.05, 3.63) is 18.0 Å². The molecule has 1 aromatic rings. The predicted molar refractivity (Wildman–Crippen MR) is 75.2 cm³/mol. The normalized spacial score (nSPS) is 15.3. The standard InChI is InChI=1S/C14H22N4O/c1-2-3-8-15-14-16-9-7-12(17-14)13(19)18-10-5-4-6-11-18/h7,9H,2-6,8,10-11H2,1H3,(H,15,16,17). The van der Waals surface area contributed by atoms with E-state index in [9.17, 15) is 4.79 Å². The number of nitrogens with zero attached hydrogens (tertiary/aromatic N) is 3. The average molecular weight is 262 g/mol. The van der Waals surface area contributed by atoms with E-state index in [1.807, 2.05) is 4.90 Å². The van der Waals surface area contributed by atoms with E-state index < -0.39 is 0 Å². The summed E-state index contributed by atoms with van der Waals surface area (Å²) in [4.78, 5) is 22.6. The quantitative estimate of drug-likeness (QED) is 0.827. The van der Waals surface area contributed by atoms with Crippen LogP contribution in [0.25, 0.3) is 0 Å². The number of carbonyl (C=O) groups is 1. The third-order valence-corrected chi connectivity index (χ3v) is 3.33. The van der Waals surface area contributed by atoms with E-state index in [0.717, 1.165) is 45.3 Å². The number of nitrogens with one attached hydrogen (secondary N) is 1. The van der Waals surface area contributed by atoms with Crippen LogP contribution in [0.4, 0.5) is 5.95 Å². The van der Waals surface area contributed by atoms with Crippen molar-refractivity contribution in [3.63, 3.8) is 0 Å². The van der Waals surface area contributed by atoms with Crippen LogP contribution in [0.5, 0.6) is 0 Å². The maximum Gasteiger partial charge on any atom is 0.272 e. The Kier molecular flexibility index (Phi) is 5.12. The molecule has 2 rings (SSSR count). The molecule has 0 spiro atoms. The van der Waals surface area contributed by atoms with Crippen LogP contribution in [0.2, 0.25) is 0 Å². The lowest BCUT2D eigenvalue weighted by Gasteiger charge is -2.26. The predicted octanol–water partition coefficient (Wildman–Crippen LogP) is 2.31. The van der Waals surface area contributed by atoms with Crippen molar-refractivity contribution in [1.29, 1.82) is 0 Å². The van der Waals surface area contributed by atoms with Gasteiger partial charge in [0.15, 0.2) is 0 Å². The smallest absolute Gasteiger partial charge is 0.272 e. The molecule has 0 radical (unpaired) electrons. The minimum Gasteiger partial charge on any atom is -0.354 e. The van der Waals surface area contributed by atoms with Crippen molar-refractivity contribution < 1.29 is 4.79 Å². The zero-order chi connectivity index (χ0) is 13.5. The molecule has 104 valence electrons. The van der Waals surface area contributed by atoms with Gasteiger partial charge in [0.1, 0.15) is 5.69 Å². The fourth-order valence-corrected chi connectivity index (χ4v) is 2.20. The summed E-state index contributed by atoms with van der Waals surface area (Å²) in [6.07, 6.45) is 7.26. The van der Waals surface area contributed by atoms with Crippen LogP contribution in [0.1, 0.15) is 49.5 Å². The third kappa shape index (κ3) is 3.91. The van der Waals surface area contributed by atoms with Gasteiger partial charge >= 0.3 is 0 Å². The number of hydrogen-bond acceptors (Lipinski definition) is 4. The van der Waals surface area contributed by atoms with Gasteiger partial charge < -0.3 is 10.2 Å². The topological polar surface area (TPSA) is 58.1 Å². The van der Waals surface area contributed by atoms with Crippen molar-refractivity contribution in [2.75, 3.05) is 25.0 Å². The van der Waals surface area contributed by atoms with Crippen molar-refractivity contribution in [1.82, 2.24) is 14.9 Å². The van der Waals surface area contributed by atoms with Crippen molar-refractivity contribution >= 4 is 11.9 Å². The number of unbranched alkanes of at least 4 members (excludes halogenated alkanes) is 1. The second-order valence-corrected chi connectivity index (χ2v) is 4.90. The Balaban J connectivity index is 1.98. The van der Waals surface area contributed by atoms with E-state index in [-0.39, 0.29) is 5.91 Å². The number of rotatable bonds is 5. The molecule has 1 fully saturated rings. The monoisotopic (exact) mass is 262 g/mol. The Bertz CT molecular complexity index is 416. The number of carbonyl (C=O) groups excluding carboxylic acids is 1. The number of aromatic nitrogens is 2. The maximum absolute atomic E-state index is 12.3. The van der Waals surface area contributed by atoms with E-state index in [2.05, 4.69) is 22.2 Å². The summed E-state index contributed by atoms with van der Waals surface area (Å²) in [6.45, 7) is 4.68. The van der Waals surface area contributed by atoms with Crippen LogP contribution in [-0.2, 0) is 0 Å². The third-order valence-electron chi connectivity index (χ3n) is 3.33. The summed E-state index contributed by atoms with van der Waals surface area (Å²) in [5.41, 5.74) is 0.496. The molecule has 0 aromatic carbocycles. The van der Waals surface area contributed by atoms with Crippen LogP contribution >= 0.6 is 0 Å². The molecule has 0 aliphatic carbocycles. The first-order valence-electron chi connectivity index (χ1n) is 7.17. The summed E-state index contributed by atoms with van der Waals surface area (Å²) in [7, 11) is 0. The molecule has 0 atom stereocenters. The molecule has 1 saturated heterocycles. The summed E-state index contributed by atoms with van der Waals surface area (Å²) >= 11 is 0. The van der Waals surface area contributed by atoms with E-state index in [1.54, 1.807) is 12.3 Å². The van der Waals surface area contributed by atoms with Gasteiger partial charge in [-0.2, -0.15) is 0 Å². The Labute approximate surface area is 114 Å². The van der Waals surface area contributed by atoms with E-state index in [4.69, 9.17) is 0 Å². The highest BCUT2D eigenvalue weighted by Crippen LogP contribution is 2.12. The molecule has 0 saturated carbocycles. The van der Waals surface area contributed by atoms with Gasteiger partial charge in [-0.3, -0.25) is 4.79 Å². The number of anilines is 1. The Morgan fingerprint density at radius 3 is 2.89 bits per heavy atom. The molecule has 19 heavy (non-hydrogen) atoms. The molecular formula is C14H22N4O. The van der Waals surface area contributed by atoms with Crippen LogP contribution in [0, 0.1) is 0 Å². The molecule has 0 bridgehead atoms. The zero-order valence-corrected chi connectivity index (χ0v) is 11.6. The fraction of sp³-hybridized carbons (Fsp3) is 0.643. The summed E-state index contributed by atoms with van der Waals surface area (Å²) in [6, 6.07) is 1.70. The fourth-order valence-electron chi connectivity index (χ4n) is 2.20. The second kappa shape index (κ2) is 7.07. The molecule has 1 N–H and O–H groups in total. The van der Waals surface area contributed by atoms with Crippen LogP contribution in [0.3, 0.4) is 0 Å². The number of hydrogen-bond donors (Lipinski definition) is 1. The van der Waals surface area contributed by atoms with Gasteiger partial charge in [-0.1, -0.05) is 13.3 Å². The van der Waals surface area contributed by atoms with Gasteiger partial charge in [0, 0.05) is 25.8 Å². The van der Waals surface area contributed by atoms with Gasteiger partial charge in [-0.25, -0.2) is 9.97 Å². The van der Waals surface area contributed by atoms with E-state index in [0.29, 0.717) is 11.6 Å². The molecule has 5 heteroatoms.